The average Bonchev–Trinajstić information content (AvgIpc) is 2.47. The highest BCUT2D eigenvalue weighted by Gasteiger charge is 2.29. The molecule has 1 N–H and O–H groups in total. The fourth-order valence-corrected chi connectivity index (χ4v) is 2.38. The Bertz CT molecular complexity index is 428. The van der Waals surface area contributed by atoms with E-state index in [1.807, 2.05) is 0 Å². The highest BCUT2D eigenvalue weighted by Crippen LogP contribution is 2.29. The predicted octanol–water partition coefficient (Wildman–Crippen LogP) is 2.52. The number of ether oxygens (including phenoxy) is 1. The Morgan fingerprint density at radius 1 is 1.19 bits per heavy atom. The van der Waals surface area contributed by atoms with Gasteiger partial charge in [0, 0.05) is 32.2 Å². The van der Waals surface area contributed by atoms with Crippen LogP contribution in [0.3, 0.4) is 0 Å². The van der Waals surface area contributed by atoms with Gasteiger partial charge in [0.15, 0.2) is 0 Å². The first-order chi connectivity index (χ1) is 9.97. The molecule has 1 fully saturated rings. The molecule has 1 saturated heterocycles. The molecule has 0 bridgehead atoms. The van der Waals surface area contributed by atoms with E-state index in [4.69, 9.17) is 4.74 Å². The summed E-state index contributed by atoms with van der Waals surface area (Å²) in [6, 6.07) is 5.69. The molecular formula is C15H21F3N2O. The zero-order valence-electron chi connectivity index (χ0n) is 12.1. The fraction of sp³-hybridized carbons (Fsp3) is 0.600. The lowest BCUT2D eigenvalue weighted by molar-refractivity contribution is -0.137. The summed E-state index contributed by atoms with van der Waals surface area (Å²) in [6.45, 7) is 6.93. The van der Waals surface area contributed by atoms with Crippen molar-refractivity contribution in [1.82, 2.24) is 10.2 Å². The van der Waals surface area contributed by atoms with Gasteiger partial charge in [-0.1, -0.05) is 12.1 Å². The van der Waals surface area contributed by atoms with Crippen LogP contribution in [0, 0.1) is 0 Å². The second kappa shape index (κ2) is 7.24. The summed E-state index contributed by atoms with van der Waals surface area (Å²) < 4.78 is 42.7. The summed E-state index contributed by atoms with van der Waals surface area (Å²) >= 11 is 0. The van der Waals surface area contributed by atoms with Crippen molar-refractivity contribution in [3.63, 3.8) is 0 Å². The first-order valence-electron chi connectivity index (χ1n) is 7.15. The number of alkyl halides is 3. The van der Waals surface area contributed by atoms with Gasteiger partial charge in [0.25, 0.3) is 0 Å². The van der Waals surface area contributed by atoms with Gasteiger partial charge >= 0.3 is 6.18 Å². The van der Waals surface area contributed by atoms with Gasteiger partial charge in [0.2, 0.25) is 0 Å². The lowest BCUT2D eigenvalue weighted by atomic mass is 10.1. The third-order valence-corrected chi connectivity index (χ3v) is 3.72. The molecule has 0 amide bonds. The Morgan fingerprint density at radius 2 is 1.81 bits per heavy atom. The first kappa shape index (κ1) is 16.3. The quantitative estimate of drug-likeness (QED) is 0.904. The van der Waals surface area contributed by atoms with Gasteiger partial charge in [0.1, 0.15) is 0 Å². The lowest BCUT2D eigenvalue weighted by Gasteiger charge is -2.32. The van der Waals surface area contributed by atoms with Crippen LogP contribution in [0.1, 0.15) is 18.1 Å². The van der Waals surface area contributed by atoms with Crippen molar-refractivity contribution >= 4 is 0 Å². The maximum absolute atomic E-state index is 12.5. The van der Waals surface area contributed by atoms with Crippen LogP contribution in [0.2, 0.25) is 0 Å². The van der Waals surface area contributed by atoms with Crippen molar-refractivity contribution in [3.8, 4) is 0 Å². The molecule has 1 heterocycles. The van der Waals surface area contributed by atoms with Crippen LogP contribution in [0.15, 0.2) is 24.3 Å². The molecule has 1 aromatic carbocycles. The van der Waals surface area contributed by atoms with Crippen LogP contribution < -0.4 is 5.32 Å². The van der Waals surface area contributed by atoms with E-state index in [1.54, 1.807) is 0 Å². The summed E-state index contributed by atoms with van der Waals surface area (Å²) in [4.78, 5) is 2.35. The van der Waals surface area contributed by atoms with E-state index in [2.05, 4.69) is 17.1 Å². The SMILES string of the molecule is CC(CNCc1ccc(C(F)(F)F)cc1)N1CCOCC1. The number of rotatable bonds is 5. The van der Waals surface area contributed by atoms with Crippen LogP contribution in [-0.4, -0.2) is 43.8 Å². The van der Waals surface area contributed by atoms with E-state index in [0.717, 1.165) is 50.5 Å². The van der Waals surface area contributed by atoms with Gasteiger partial charge in [-0.3, -0.25) is 4.90 Å². The maximum Gasteiger partial charge on any atom is 0.416 e. The number of benzene rings is 1. The van der Waals surface area contributed by atoms with E-state index < -0.39 is 11.7 Å². The van der Waals surface area contributed by atoms with Gasteiger partial charge in [0.05, 0.1) is 18.8 Å². The smallest absolute Gasteiger partial charge is 0.379 e. The average molecular weight is 302 g/mol. The van der Waals surface area contributed by atoms with E-state index >= 15 is 0 Å². The van der Waals surface area contributed by atoms with Crippen molar-refractivity contribution in [2.24, 2.45) is 0 Å². The lowest BCUT2D eigenvalue weighted by Crippen LogP contribution is -2.46. The van der Waals surface area contributed by atoms with Gasteiger partial charge in [-0.2, -0.15) is 13.2 Å². The second-order valence-corrected chi connectivity index (χ2v) is 5.32. The summed E-state index contributed by atoms with van der Waals surface area (Å²) in [5.74, 6) is 0. The van der Waals surface area contributed by atoms with Crippen molar-refractivity contribution in [2.75, 3.05) is 32.8 Å². The first-order valence-corrected chi connectivity index (χ1v) is 7.15. The Kier molecular flexibility index (Phi) is 5.61. The third-order valence-electron chi connectivity index (χ3n) is 3.72. The Balaban J connectivity index is 1.75. The van der Waals surface area contributed by atoms with E-state index in [-0.39, 0.29) is 0 Å². The third kappa shape index (κ3) is 4.98. The molecule has 0 aromatic heterocycles. The zero-order chi connectivity index (χ0) is 15.3. The Hall–Kier alpha value is -1.11. The number of hydrogen-bond acceptors (Lipinski definition) is 3. The molecule has 0 saturated carbocycles. The topological polar surface area (TPSA) is 24.5 Å². The van der Waals surface area contributed by atoms with Gasteiger partial charge in [-0.15, -0.1) is 0 Å². The molecule has 0 radical (unpaired) electrons. The zero-order valence-corrected chi connectivity index (χ0v) is 12.1. The van der Waals surface area contributed by atoms with Crippen molar-refractivity contribution < 1.29 is 17.9 Å². The minimum Gasteiger partial charge on any atom is -0.379 e. The summed E-state index contributed by atoms with van der Waals surface area (Å²) in [7, 11) is 0. The van der Waals surface area contributed by atoms with Gasteiger partial charge in [-0.05, 0) is 24.6 Å². The summed E-state index contributed by atoms with van der Waals surface area (Å²) in [6.07, 6.45) is -4.27. The summed E-state index contributed by atoms with van der Waals surface area (Å²) in [5.41, 5.74) is 0.255. The minimum atomic E-state index is -4.27. The molecule has 1 aliphatic heterocycles. The number of hydrogen-bond donors (Lipinski definition) is 1. The summed E-state index contributed by atoms with van der Waals surface area (Å²) in [5, 5.41) is 3.29. The normalized spacial score (nSPS) is 18.7. The molecule has 0 spiro atoms. The molecule has 3 nitrogen and oxygen atoms in total. The largest absolute Gasteiger partial charge is 0.416 e. The minimum absolute atomic E-state index is 0.392. The fourth-order valence-electron chi connectivity index (χ4n) is 2.38. The molecule has 1 aromatic rings. The van der Waals surface area contributed by atoms with Gasteiger partial charge < -0.3 is 10.1 Å². The van der Waals surface area contributed by atoms with Crippen molar-refractivity contribution in [3.05, 3.63) is 35.4 Å². The predicted molar refractivity (Wildman–Crippen MR) is 75.0 cm³/mol. The number of morpholine rings is 1. The van der Waals surface area contributed by atoms with Crippen LogP contribution in [0.25, 0.3) is 0 Å². The van der Waals surface area contributed by atoms with E-state index in [0.29, 0.717) is 12.6 Å². The second-order valence-electron chi connectivity index (χ2n) is 5.32. The molecule has 118 valence electrons. The van der Waals surface area contributed by atoms with Crippen molar-refractivity contribution in [1.29, 1.82) is 0 Å². The number of nitrogens with one attached hydrogen (secondary N) is 1. The molecular weight excluding hydrogens is 281 g/mol. The molecule has 6 heteroatoms. The van der Waals surface area contributed by atoms with Gasteiger partial charge in [-0.25, -0.2) is 0 Å². The maximum atomic E-state index is 12.5. The molecule has 1 aliphatic rings. The Morgan fingerprint density at radius 3 is 2.38 bits per heavy atom. The standard InChI is InChI=1S/C15H21F3N2O/c1-12(20-6-8-21-9-7-20)10-19-11-13-2-4-14(5-3-13)15(16,17)18/h2-5,12,19H,6-11H2,1H3. The van der Waals surface area contributed by atoms with E-state index in [1.165, 1.54) is 12.1 Å². The van der Waals surface area contributed by atoms with Crippen LogP contribution in [0.4, 0.5) is 13.2 Å². The van der Waals surface area contributed by atoms with Crippen LogP contribution in [0.5, 0.6) is 0 Å². The molecule has 2 rings (SSSR count). The highest BCUT2D eigenvalue weighted by atomic mass is 19.4. The number of halogens is 3. The molecule has 1 atom stereocenters. The monoisotopic (exact) mass is 302 g/mol. The molecule has 1 unspecified atom stereocenters. The molecule has 21 heavy (non-hydrogen) atoms. The Labute approximate surface area is 123 Å². The van der Waals surface area contributed by atoms with E-state index in [9.17, 15) is 13.2 Å². The van der Waals surface area contributed by atoms with Crippen molar-refractivity contribution in [2.45, 2.75) is 25.7 Å². The highest BCUT2D eigenvalue weighted by molar-refractivity contribution is 5.24. The number of nitrogens with zero attached hydrogens (tertiary/aromatic N) is 1. The van der Waals surface area contributed by atoms with Crippen LogP contribution >= 0.6 is 0 Å². The molecule has 0 aliphatic carbocycles. The van der Waals surface area contributed by atoms with Crippen LogP contribution in [-0.2, 0) is 17.5 Å².